The summed E-state index contributed by atoms with van der Waals surface area (Å²) in [4.78, 5) is 22.5. The van der Waals surface area contributed by atoms with Crippen LogP contribution in [0.1, 0.15) is 22.3 Å². The van der Waals surface area contributed by atoms with E-state index in [9.17, 15) is 22.4 Å². The fourth-order valence-electron chi connectivity index (χ4n) is 2.03. The highest BCUT2D eigenvalue weighted by atomic mass is 32.2. The van der Waals surface area contributed by atoms with Crippen molar-refractivity contribution in [3.63, 3.8) is 0 Å². The number of carbonyl (C=O) groups is 2. The van der Waals surface area contributed by atoms with Gasteiger partial charge in [-0.15, -0.1) is 0 Å². The zero-order valence-electron chi connectivity index (χ0n) is 13.6. The first kappa shape index (κ1) is 19.5. The molecule has 0 unspecified atom stereocenters. The van der Waals surface area contributed by atoms with Crippen LogP contribution < -0.4 is 4.72 Å². The lowest BCUT2D eigenvalue weighted by Gasteiger charge is -2.06. The van der Waals surface area contributed by atoms with Crippen molar-refractivity contribution < 1.29 is 27.5 Å². The van der Waals surface area contributed by atoms with Gasteiger partial charge in [-0.25, -0.2) is 17.5 Å². The molecule has 0 radical (unpaired) electrons. The number of sulfonamides is 1. The molecule has 26 heavy (non-hydrogen) atoms. The smallest absolute Gasteiger partial charge is 0.304 e. The highest BCUT2D eigenvalue weighted by molar-refractivity contribution is 7.89. The first-order valence-electron chi connectivity index (χ1n) is 7.57. The molecule has 0 aliphatic rings. The van der Waals surface area contributed by atoms with Crippen molar-refractivity contribution in [2.24, 2.45) is 0 Å². The van der Waals surface area contributed by atoms with Crippen LogP contribution in [0.3, 0.4) is 0 Å². The molecule has 0 amide bonds. The number of ketones is 1. The molecule has 0 aromatic heterocycles. The summed E-state index contributed by atoms with van der Waals surface area (Å²) in [5.41, 5.74) is 0.781. The van der Waals surface area contributed by atoms with Crippen LogP contribution in [-0.4, -0.2) is 31.8 Å². The number of benzene rings is 2. The molecular weight excluding hydrogens is 361 g/mol. The third kappa shape index (κ3) is 5.61. The lowest BCUT2D eigenvalue weighted by Crippen LogP contribution is -2.26. The van der Waals surface area contributed by atoms with Crippen molar-refractivity contribution in [2.45, 2.75) is 11.3 Å². The minimum atomic E-state index is -3.92. The molecule has 0 heterocycles. The number of carboxylic acids is 1. The number of rotatable bonds is 8. The van der Waals surface area contributed by atoms with E-state index in [1.165, 1.54) is 60.7 Å². The van der Waals surface area contributed by atoms with E-state index in [1.807, 2.05) is 0 Å². The van der Waals surface area contributed by atoms with Gasteiger partial charge >= 0.3 is 5.97 Å². The summed E-state index contributed by atoms with van der Waals surface area (Å²) >= 11 is 0. The van der Waals surface area contributed by atoms with Crippen LogP contribution >= 0.6 is 0 Å². The van der Waals surface area contributed by atoms with Crippen molar-refractivity contribution in [3.05, 3.63) is 71.6 Å². The summed E-state index contributed by atoms with van der Waals surface area (Å²) in [5.74, 6) is -1.93. The van der Waals surface area contributed by atoms with E-state index in [2.05, 4.69) is 4.72 Å². The Kier molecular flexibility index (Phi) is 6.37. The molecule has 0 atom stereocenters. The minimum absolute atomic E-state index is 0.135. The molecule has 0 aliphatic heterocycles. The molecule has 0 bridgehead atoms. The molecule has 6 nitrogen and oxygen atoms in total. The van der Waals surface area contributed by atoms with Crippen molar-refractivity contribution in [1.82, 2.24) is 4.72 Å². The van der Waals surface area contributed by atoms with Crippen LogP contribution in [0, 0.1) is 5.82 Å². The van der Waals surface area contributed by atoms with E-state index >= 15 is 0 Å². The number of carbonyl (C=O) groups excluding carboxylic acids is 1. The molecule has 0 spiro atoms. The Morgan fingerprint density at radius 1 is 1.12 bits per heavy atom. The molecule has 2 rings (SSSR count). The van der Waals surface area contributed by atoms with Gasteiger partial charge in [-0.05, 0) is 35.9 Å². The standard InChI is InChI=1S/C18H16FNO5S/c19-15-7-4-13(5-8-15)6-9-17(21)14-2-1-3-16(12-14)26(24,25)20-11-10-18(22)23/h1-9,12,20H,10-11H2,(H,22,23)/b9-6+. The Balaban J connectivity index is 2.13. The average molecular weight is 377 g/mol. The van der Waals surface area contributed by atoms with Crippen molar-refractivity contribution in [1.29, 1.82) is 0 Å². The van der Waals surface area contributed by atoms with Crippen LogP contribution in [0.25, 0.3) is 6.08 Å². The summed E-state index contributed by atoms with van der Waals surface area (Å²) in [6.45, 7) is -0.250. The fourth-order valence-corrected chi connectivity index (χ4v) is 3.11. The van der Waals surface area contributed by atoms with Crippen LogP contribution in [0.5, 0.6) is 0 Å². The Morgan fingerprint density at radius 3 is 2.46 bits per heavy atom. The third-order valence-corrected chi connectivity index (χ3v) is 4.82. The van der Waals surface area contributed by atoms with Gasteiger partial charge < -0.3 is 5.11 Å². The second-order valence-corrected chi connectivity index (χ2v) is 7.09. The third-order valence-electron chi connectivity index (χ3n) is 3.36. The minimum Gasteiger partial charge on any atom is -0.481 e. The number of nitrogens with one attached hydrogen (secondary N) is 1. The topological polar surface area (TPSA) is 101 Å². The summed E-state index contributed by atoms with van der Waals surface area (Å²) in [6.07, 6.45) is 2.41. The van der Waals surface area contributed by atoms with Gasteiger partial charge in [-0.2, -0.15) is 0 Å². The maximum atomic E-state index is 12.9. The number of aliphatic carboxylic acids is 1. The molecule has 2 aromatic rings. The molecule has 2 N–H and O–H groups in total. The van der Waals surface area contributed by atoms with Gasteiger partial charge in [-0.1, -0.05) is 30.3 Å². The second kappa shape index (κ2) is 8.50. The van der Waals surface area contributed by atoms with E-state index in [-0.39, 0.29) is 29.2 Å². The lowest BCUT2D eigenvalue weighted by molar-refractivity contribution is -0.136. The molecule has 0 saturated carbocycles. The highest BCUT2D eigenvalue weighted by Crippen LogP contribution is 2.13. The highest BCUT2D eigenvalue weighted by Gasteiger charge is 2.15. The van der Waals surface area contributed by atoms with Gasteiger partial charge in [-0.3, -0.25) is 9.59 Å². The quantitative estimate of drug-likeness (QED) is 0.544. The van der Waals surface area contributed by atoms with E-state index in [1.54, 1.807) is 0 Å². The van der Waals surface area contributed by atoms with Gasteiger partial charge in [0.2, 0.25) is 10.0 Å². The van der Waals surface area contributed by atoms with E-state index < -0.39 is 21.8 Å². The number of hydrogen-bond donors (Lipinski definition) is 2. The molecule has 0 aliphatic carbocycles. The first-order valence-corrected chi connectivity index (χ1v) is 9.06. The molecule has 8 heteroatoms. The van der Waals surface area contributed by atoms with E-state index in [0.717, 1.165) is 0 Å². The number of allylic oxidation sites excluding steroid dienone is 1. The molecule has 2 aromatic carbocycles. The Hall–Kier alpha value is -2.84. The predicted octanol–water partition coefficient (Wildman–Crippen LogP) is 2.47. The Labute approximate surface area is 150 Å². The summed E-state index contributed by atoms with van der Waals surface area (Å²) < 4.78 is 39.3. The summed E-state index contributed by atoms with van der Waals surface area (Å²) in [5, 5.41) is 8.56. The first-order chi connectivity index (χ1) is 12.3. The zero-order chi connectivity index (χ0) is 19.2. The van der Waals surface area contributed by atoms with E-state index in [4.69, 9.17) is 5.11 Å². The van der Waals surface area contributed by atoms with Crippen molar-refractivity contribution in [3.8, 4) is 0 Å². The maximum Gasteiger partial charge on any atom is 0.304 e. The molecular formula is C18H16FNO5S. The van der Waals surface area contributed by atoms with Gasteiger partial charge in [0.15, 0.2) is 5.78 Å². The molecule has 0 saturated heterocycles. The molecule has 0 fully saturated rings. The number of hydrogen-bond acceptors (Lipinski definition) is 4. The van der Waals surface area contributed by atoms with Crippen LogP contribution in [0.2, 0.25) is 0 Å². The van der Waals surface area contributed by atoms with Crippen LogP contribution in [0.15, 0.2) is 59.5 Å². The largest absolute Gasteiger partial charge is 0.481 e. The number of carboxylic acid groups (broad SMARTS) is 1. The van der Waals surface area contributed by atoms with Gasteiger partial charge in [0.25, 0.3) is 0 Å². The van der Waals surface area contributed by atoms with Gasteiger partial charge in [0.1, 0.15) is 5.82 Å². The SMILES string of the molecule is O=C(O)CCNS(=O)(=O)c1cccc(C(=O)/C=C/c2ccc(F)cc2)c1. The van der Waals surface area contributed by atoms with Crippen LogP contribution in [0.4, 0.5) is 4.39 Å². The Bertz CT molecular complexity index is 936. The Morgan fingerprint density at radius 2 is 1.81 bits per heavy atom. The summed E-state index contributed by atoms with van der Waals surface area (Å²) in [7, 11) is -3.92. The van der Waals surface area contributed by atoms with Gasteiger partial charge in [0, 0.05) is 12.1 Å². The van der Waals surface area contributed by atoms with E-state index in [0.29, 0.717) is 5.56 Å². The number of halogens is 1. The zero-order valence-corrected chi connectivity index (χ0v) is 14.4. The lowest BCUT2D eigenvalue weighted by atomic mass is 10.1. The maximum absolute atomic E-state index is 12.9. The second-order valence-electron chi connectivity index (χ2n) is 5.32. The van der Waals surface area contributed by atoms with Crippen molar-refractivity contribution >= 4 is 27.9 Å². The molecule has 136 valence electrons. The van der Waals surface area contributed by atoms with Gasteiger partial charge in [0.05, 0.1) is 11.3 Å². The normalized spacial score (nSPS) is 11.6. The summed E-state index contributed by atoms with van der Waals surface area (Å²) in [6, 6.07) is 10.9. The average Bonchev–Trinajstić information content (AvgIpc) is 2.60. The monoisotopic (exact) mass is 377 g/mol. The van der Waals surface area contributed by atoms with Crippen molar-refractivity contribution in [2.75, 3.05) is 6.54 Å². The fraction of sp³-hybridized carbons (Fsp3) is 0.111. The van der Waals surface area contributed by atoms with Crippen LogP contribution in [-0.2, 0) is 14.8 Å². The predicted molar refractivity (Wildman–Crippen MR) is 93.6 cm³/mol.